The fourth-order valence-corrected chi connectivity index (χ4v) is 3.92. The molecule has 0 unspecified atom stereocenters. The number of carbonyl (C=O) groups excluding carboxylic acids is 1. The van der Waals surface area contributed by atoms with Crippen LogP contribution in [-0.4, -0.2) is 10.9 Å². The Kier molecular flexibility index (Phi) is 3.95. The summed E-state index contributed by atoms with van der Waals surface area (Å²) in [7, 11) is 0. The van der Waals surface area contributed by atoms with Crippen LogP contribution in [0.15, 0.2) is 77.6 Å². The van der Waals surface area contributed by atoms with Crippen LogP contribution >= 0.6 is 0 Å². The van der Waals surface area contributed by atoms with Crippen LogP contribution in [0.3, 0.4) is 0 Å². The van der Waals surface area contributed by atoms with Gasteiger partial charge in [-0.25, -0.2) is 0 Å². The van der Waals surface area contributed by atoms with Crippen molar-refractivity contribution in [3.63, 3.8) is 0 Å². The zero-order valence-electron chi connectivity index (χ0n) is 15.7. The van der Waals surface area contributed by atoms with E-state index in [-0.39, 0.29) is 11.5 Å². The first-order valence-corrected chi connectivity index (χ1v) is 9.40. The third kappa shape index (κ3) is 2.97. The number of benzene rings is 3. The smallest absolute Gasteiger partial charge is 0.248 e. The number of carbonyl (C=O) groups is 1. The van der Waals surface area contributed by atoms with Gasteiger partial charge in [0.2, 0.25) is 11.5 Å². The van der Waals surface area contributed by atoms with E-state index in [1.54, 1.807) is 12.1 Å². The van der Waals surface area contributed by atoms with Crippen molar-refractivity contribution in [3.8, 4) is 11.5 Å². The molecular weight excluding hydrogens is 364 g/mol. The second-order valence-corrected chi connectivity index (χ2v) is 7.18. The lowest BCUT2D eigenvalue weighted by Gasteiger charge is -2.27. The number of aryl methyl sites for hydroxylation is 1. The number of H-pyrrole nitrogens is 1. The number of para-hydroxylation sites is 2. The first-order chi connectivity index (χ1) is 14.1. The Morgan fingerprint density at radius 2 is 1.59 bits per heavy atom. The highest BCUT2D eigenvalue weighted by molar-refractivity contribution is 6.00. The first-order valence-electron chi connectivity index (χ1n) is 9.40. The van der Waals surface area contributed by atoms with Crippen molar-refractivity contribution >= 4 is 22.5 Å². The molecule has 0 bridgehead atoms. The number of hydrogen-bond donors (Lipinski definition) is 2. The number of hydrogen-bond acceptors (Lipinski definition) is 3. The average Bonchev–Trinajstić information content (AvgIpc) is 2.71. The van der Waals surface area contributed by atoms with Gasteiger partial charge in [0.1, 0.15) is 11.5 Å². The van der Waals surface area contributed by atoms with Gasteiger partial charge in [-0.05, 0) is 36.8 Å². The summed E-state index contributed by atoms with van der Waals surface area (Å²) in [6, 6.07) is 22.3. The highest BCUT2D eigenvalue weighted by Crippen LogP contribution is 2.44. The van der Waals surface area contributed by atoms with Crippen LogP contribution in [0, 0.1) is 6.92 Å². The lowest BCUT2D eigenvalue weighted by atomic mass is 9.87. The summed E-state index contributed by atoms with van der Waals surface area (Å²) in [6.45, 7) is 1.89. The lowest BCUT2D eigenvalue weighted by molar-refractivity contribution is -0.116. The SMILES string of the molecule is Cc1cc(=O)[nH]c2cc(NC(=O)C3c4ccccc4Oc4ccccc43)ccc12. The van der Waals surface area contributed by atoms with E-state index in [1.165, 1.54) is 0 Å². The highest BCUT2D eigenvalue weighted by Gasteiger charge is 2.32. The Morgan fingerprint density at radius 1 is 0.931 bits per heavy atom. The number of aromatic amines is 1. The molecule has 3 aromatic carbocycles. The molecular formula is C24H18N2O3. The molecule has 0 atom stereocenters. The van der Waals surface area contributed by atoms with E-state index >= 15 is 0 Å². The molecule has 29 heavy (non-hydrogen) atoms. The minimum absolute atomic E-state index is 0.150. The number of ether oxygens (including phenoxy) is 1. The second-order valence-electron chi connectivity index (χ2n) is 7.18. The van der Waals surface area contributed by atoms with Crippen LogP contribution in [0.1, 0.15) is 22.6 Å². The van der Waals surface area contributed by atoms with Crippen LogP contribution in [0.5, 0.6) is 11.5 Å². The van der Waals surface area contributed by atoms with Gasteiger partial charge in [-0.1, -0.05) is 42.5 Å². The topological polar surface area (TPSA) is 71.2 Å². The summed E-state index contributed by atoms with van der Waals surface area (Å²) >= 11 is 0. The molecule has 142 valence electrons. The monoisotopic (exact) mass is 382 g/mol. The molecule has 5 heteroatoms. The molecule has 1 amide bonds. The van der Waals surface area contributed by atoms with Crippen LogP contribution in [0.2, 0.25) is 0 Å². The number of nitrogens with one attached hydrogen (secondary N) is 2. The van der Waals surface area contributed by atoms with Crippen molar-refractivity contribution in [2.45, 2.75) is 12.8 Å². The molecule has 2 N–H and O–H groups in total. The van der Waals surface area contributed by atoms with Crippen molar-refractivity contribution in [2.75, 3.05) is 5.32 Å². The summed E-state index contributed by atoms with van der Waals surface area (Å²) in [5.74, 6) is 0.737. The summed E-state index contributed by atoms with van der Waals surface area (Å²) in [6.07, 6.45) is 0. The van der Waals surface area contributed by atoms with Crippen molar-refractivity contribution in [1.29, 1.82) is 0 Å². The Bertz CT molecular complexity index is 1280. The maximum Gasteiger partial charge on any atom is 0.248 e. The lowest BCUT2D eigenvalue weighted by Crippen LogP contribution is -2.25. The molecule has 0 radical (unpaired) electrons. The molecule has 0 fully saturated rings. The Morgan fingerprint density at radius 3 is 2.28 bits per heavy atom. The molecule has 0 saturated carbocycles. The quantitative estimate of drug-likeness (QED) is 0.527. The van der Waals surface area contributed by atoms with Crippen LogP contribution in [0.4, 0.5) is 5.69 Å². The molecule has 1 aromatic heterocycles. The second kappa shape index (κ2) is 6.63. The zero-order chi connectivity index (χ0) is 20.0. The van der Waals surface area contributed by atoms with E-state index in [2.05, 4.69) is 10.3 Å². The average molecular weight is 382 g/mol. The van der Waals surface area contributed by atoms with Gasteiger partial charge in [0.05, 0.1) is 11.4 Å². The Balaban J connectivity index is 1.55. The van der Waals surface area contributed by atoms with Gasteiger partial charge in [-0.3, -0.25) is 9.59 Å². The van der Waals surface area contributed by atoms with E-state index < -0.39 is 5.92 Å². The summed E-state index contributed by atoms with van der Waals surface area (Å²) in [5.41, 5.74) is 3.72. The molecule has 2 heterocycles. The van der Waals surface area contributed by atoms with Crippen molar-refractivity contribution in [3.05, 3.63) is 99.8 Å². The summed E-state index contributed by atoms with van der Waals surface area (Å²) in [4.78, 5) is 28.0. The standard InChI is InChI=1S/C24H18N2O3/c1-14-12-22(27)26-19-13-15(10-11-16(14)19)25-24(28)23-17-6-2-4-8-20(17)29-21-9-5-3-7-18(21)23/h2-13,23H,1H3,(H,25,28)(H,26,27). The minimum atomic E-state index is -0.483. The van der Waals surface area contributed by atoms with Gasteiger partial charge in [0.15, 0.2) is 0 Å². The number of fused-ring (bicyclic) bond motifs is 3. The number of amides is 1. The first kappa shape index (κ1) is 17.3. The van der Waals surface area contributed by atoms with E-state index in [0.717, 1.165) is 22.1 Å². The molecule has 5 nitrogen and oxygen atoms in total. The van der Waals surface area contributed by atoms with E-state index in [0.29, 0.717) is 22.7 Å². The zero-order valence-corrected chi connectivity index (χ0v) is 15.7. The molecule has 0 spiro atoms. The van der Waals surface area contributed by atoms with E-state index in [9.17, 15) is 9.59 Å². The molecule has 1 aliphatic rings. The summed E-state index contributed by atoms with van der Waals surface area (Å²) < 4.78 is 5.97. The van der Waals surface area contributed by atoms with Crippen LogP contribution in [-0.2, 0) is 4.79 Å². The van der Waals surface area contributed by atoms with E-state index in [1.807, 2.05) is 67.6 Å². The van der Waals surface area contributed by atoms with E-state index in [4.69, 9.17) is 4.74 Å². The summed E-state index contributed by atoms with van der Waals surface area (Å²) in [5, 5.41) is 3.96. The van der Waals surface area contributed by atoms with Gasteiger partial charge in [-0.15, -0.1) is 0 Å². The molecule has 1 aliphatic heterocycles. The minimum Gasteiger partial charge on any atom is -0.457 e. The van der Waals surface area contributed by atoms with Crippen LogP contribution < -0.4 is 15.6 Å². The molecule has 0 aliphatic carbocycles. The van der Waals surface area contributed by atoms with Crippen molar-refractivity contribution in [1.82, 2.24) is 4.98 Å². The molecule has 0 saturated heterocycles. The van der Waals surface area contributed by atoms with Gasteiger partial charge in [-0.2, -0.15) is 0 Å². The number of rotatable bonds is 2. The van der Waals surface area contributed by atoms with Crippen molar-refractivity contribution in [2.24, 2.45) is 0 Å². The predicted molar refractivity (Wildman–Crippen MR) is 113 cm³/mol. The number of pyridine rings is 1. The normalized spacial score (nSPS) is 12.7. The van der Waals surface area contributed by atoms with Gasteiger partial charge >= 0.3 is 0 Å². The van der Waals surface area contributed by atoms with Crippen LogP contribution in [0.25, 0.3) is 10.9 Å². The van der Waals surface area contributed by atoms with Gasteiger partial charge in [0, 0.05) is 28.3 Å². The number of aromatic nitrogens is 1. The number of anilines is 1. The highest BCUT2D eigenvalue weighted by atomic mass is 16.5. The van der Waals surface area contributed by atoms with Gasteiger partial charge < -0.3 is 15.0 Å². The van der Waals surface area contributed by atoms with Crippen molar-refractivity contribution < 1.29 is 9.53 Å². The maximum atomic E-state index is 13.3. The Hall–Kier alpha value is -3.86. The molecule has 4 aromatic rings. The third-order valence-corrected chi connectivity index (χ3v) is 5.26. The molecule has 5 rings (SSSR count). The third-order valence-electron chi connectivity index (χ3n) is 5.26. The largest absolute Gasteiger partial charge is 0.457 e. The predicted octanol–water partition coefficient (Wildman–Crippen LogP) is 4.71. The Labute approximate surface area is 167 Å². The fraction of sp³-hybridized carbons (Fsp3) is 0.0833. The fourth-order valence-electron chi connectivity index (χ4n) is 3.92. The maximum absolute atomic E-state index is 13.3. The van der Waals surface area contributed by atoms with Gasteiger partial charge in [0.25, 0.3) is 0 Å².